The Kier molecular flexibility index (Phi) is 2.47. The number of pyridine rings is 3. The quantitative estimate of drug-likeness (QED) is 0.294. The second-order valence-corrected chi connectivity index (χ2v) is 17.2. The molecule has 6 heterocycles. The summed E-state index contributed by atoms with van der Waals surface area (Å²) in [5.41, 5.74) is 2.86. The van der Waals surface area contributed by atoms with E-state index in [1.54, 1.807) is 0 Å². The minimum absolute atomic E-state index is 0.739. The number of aromatic nitrogens is 3. The van der Waals surface area contributed by atoms with E-state index in [1.807, 2.05) is 73.2 Å². The number of benzene rings is 3. The fourth-order valence-electron chi connectivity index (χ4n) is 6.07. The summed E-state index contributed by atoms with van der Waals surface area (Å²) in [5.74, 6) is 2.22. The predicted octanol–water partition coefficient (Wildman–Crippen LogP) is 3.47. The first-order valence-corrected chi connectivity index (χ1v) is 15.6. The number of para-hydroxylation sites is 3. The van der Waals surface area contributed by atoms with Crippen LogP contribution < -0.4 is 22.2 Å². The predicted molar refractivity (Wildman–Crippen MR) is 126 cm³/mol. The van der Waals surface area contributed by atoms with Gasteiger partial charge in [-0.15, -0.1) is 0 Å². The van der Waals surface area contributed by atoms with Crippen LogP contribution in [0, 0.1) is 0 Å². The molecule has 3 aromatic heterocycles. The molecule has 9 rings (SSSR count). The molecule has 3 aromatic carbocycles. The molecular weight excluding hydrogens is 493 g/mol. The van der Waals surface area contributed by atoms with E-state index in [1.165, 1.54) is 0 Å². The zero-order valence-corrected chi connectivity index (χ0v) is 19.6. The van der Waals surface area contributed by atoms with Gasteiger partial charge in [0.2, 0.25) is 0 Å². The Morgan fingerprint density at radius 1 is 0.412 bits per heavy atom. The first-order chi connectivity index (χ1) is 16.7. The van der Waals surface area contributed by atoms with Crippen molar-refractivity contribution in [2.45, 2.75) is 0 Å². The van der Waals surface area contributed by atoms with E-state index in [2.05, 4.69) is 47.1 Å². The van der Waals surface area contributed by atoms with E-state index in [-0.39, 0.29) is 0 Å². The van der Waals surface area contributed by atoms with Gasteiger partial charge in [-0.3, -0.25) is 0 Å². The second kappa shape index (κ2) is 4.85. The van der Waals surface area contributed by atoms with Crippen LogP contribution in [-0.4, -0.2) is 12.4 Å². The number of nitrogens with zero attached hydrogens (tertiary/aromatic N) is 3. The molecule has 0 aliphatic carbocycles. The molecule has 6 aromatic rings. The van der Waals surface area contributed by atoms with Gasteiger partial charge in [0.15, 0.2) is 0 Å². The van der Waals surface area contributed by atoms with E-state index in [0.29, 0.717) is 0 Å². The van der Waals surface area contributed by atoms with Crippen molar-refractivity contribution in [3.63, 3.8) is 0 Å². The van der Waals surface area contributed by atoms with Gasteiger partial charge in [-0.25, -0.2) is 0 Å². The Balaban J connectivity index is 1.65. The maximum absolute atomic E-state index is 7.36. The monoisotopic (exact) mass is 512 g/mol. The topological polar surface area (TPSA) is 39.3 Å². The Hall–Kier alpha value is -4.19. The molecule has 0 fully saturated rings. The first-order valence-electron chi connectivity index (χ1n) is 11.2. The van der Waals surface area contributed by atoms with Crippen LogP contribution in [0.2, 0.25) is 0 Å². The van der Waals surface area contributed by atoms with E-state index in [0.717, 1.165) is 50.0 Å². The molecule has 0 unspecified atom stereocenters. The molecule has 0 atom stereocenters. The third-order valence-corrected chi connectivity index (χ3v) is 17.9. The van der Waals surface area contributed by atoms with Gasteiger partial charge in [-0.2, -0.15) is 0 Å². The molecule has 162 valence electrons. The standard InChI is InChI=1S/C27H18N3O3Se/c1-7-19-10-4-16-28-25(19)22(13-1)31-34(28,29-17-5-11-20-8-2-14-23(32-34)26(20)29)30-18-6-12-21-9-3-15-24(33-34)27(21)30/h1-18H/q+3. The van der Waals surface area contributed by atoms with Gasteiger partial charge in [0.25, 0.3) is 0 Å². The van der Waals surface area contributed by atoms with Crippen LogP contribution in [0.4, 0.5) is 0 Å². The van der Waals surface area contributed by atoms with Crippen molar-refractivity contribution in [1.29, 1.82) is 0 Å². The minimum atomic E-state index is -5.84. The van der Waals surface area contributed by atoms with E-state index < -0.39 is 12.4 Å². The first kappa shape index (κ1) is 17.3. The summed E-state index contributed by atoms with van der Waals surface area (Å²) in [6.45, 7) is 0. The van der Waals surface area contributed by atoms with E-state index >= 15 is 0 Å². The van der Waals surface area contributed by atoms with Crippen LogP contribution in [-0.2, 0) is 0 Å². The molecule has 3 aliphatic heterocycles. The van der Waals surface area contributed by atoms with Crippen molar-refractivity contribution in [1.82, 2.24) is 0 Å². The SMILES string of the molecule is c1cc2c3c(c1)ccc[n+]3[Se]13(O2)(Oc2cccc4ccc[n+]1c24)Oc1cccc2ccc[n+]3c12. The van der Waals surface area contributed by atoms with Crippen LogP contribution in [0.1, 0.15) is 0 Å². The van der Waals surface area contributed by atoms with Gasteiger partial charge >= 0.3 is 194 Å². The Morgan fingerprint density at radius 2 is 0.735 bits per heavy atom. The van der Waals surface area contributed by atoms with Crippen LogP contribution in [0.25, 0.3) is 32.7 Å². The van der Waals surface area contributed by atoms with Crippen LogP contribution >= 0.6 is 0 Å². The molecule has 0 radical (unpaired) electrons. The third-order valence-electron chi connectivity index (χ3n) is 7.30. The summed E-state index contributed by atoms with van der Waals surface area (Å²) < 4.78 is 28.6. The molecule has 0 saturated carbocycles. The summed E-state index contributed by atoms with van der Waals surface area (Å²) >= 11 is -5.84. The molecule has 7 heteroatoms. The van der Waals surface area contributed by atoms with Gasteiger partial charge in [0, 0.05) is 0 Å². The van der Waals surface area contributed by atoms with Crippen LogP contribution in [0.3, 0.4) is 0 Å². The molecule has 0 saturated heterocycles. The maximum atomic E-state index is 7.36. The van der Waals surface area contributed by atoms with Gasteiger partial charge in [0.05, 0.1) is 0 Å². The molecule has 0 amide bonds. The summed E-state index contributed by atoms with van der Waals surface area (Å²) in [4.78, 5) is 0. The van der Waals surface area contributed by atoms with Crippen LogP contribution in [0.15, 0.2) is 110 Å². The Morgan fingerprint density at radius 3 is 1.09 bits per heavy atom. The average Bonchev–Trinajstić information content (AvgIpc) is 3.41. The summed E-state index contributed by atoms with van der Waals surface area (Å²) in [5, 5.41) is 3.18. The average molecular weight is 511 g/mol. The molecular formula is C27H18N3O3Se+3. The summed E-state index contributed by atoms with van der Waals surface area (Å²) in [6.07, 6.45) is 6.14. The molecule has 0 N–H and O–H groups in total. The van der Waals surface area contributed by atoms with E-state index in [9.17, 15) is 0 Å². The zero-order valence-electron chi connectivity index (χ0n) is 17.9. The van der Waals surface area contributed by atoms with Crippen molar-refractivity contribution in [2.24, 2.45) is 0 Å². The number of rotatable bonds is 0. The molecule has 3 aliphatic rings. The molecule has 0 bridgehead atoms. The van der Waals surface area contributed by atoms with Crippen molar-refractivity contribution < 1.29 is 22.2 Å². The van der Waals surface area contributed by atoms with Crippen molar-refractivity contribution in [3.8, 4) is 17.2 Å². The normalized spacial score (nSPS) is 20.5. The third kappa shape index (κ3) is 1.42. The van der Waals surface area contributed by atoms with E-state index in [4.69, 9.17) is 11.5 Å². The molecule has 6 nitrogen and oxygen atoms in total. The Bertz CT molecular complexity index is 1720. The molecule has 34 heavy (non-hydrogen) atoms. The van der Waals surface area contributed by atoms with Gasteiger partial charge in [-0.1, -0.05) is 0 Å². The summed E-state index contributed by atoms with van der Waals surface area (Å²) in [6, 6.07) is 30.8. The fraction of sp³-hybridized carbons (Fsp3) is 0. The van der Waals surface area contributed by atoms with Gasteiger partial charge < -0.3 is 0 Å². The number of hydrogen-bond acceptors (Lipinski definition) is 3. The molecule has 1 spiro atoms. The van der Waals surface area contributed by atoms with Crippen molar-refractivity contribution in [3.05, 3.63) is 110 Å². The zero-order chi connectivity index (χ0) is 22.2. The Labute approximate surface area is 193 Å². The van der Waals surface area contributed by atoms with Crippen LogP contribution in [0.5, 0.6) is 17.2 Å². The van der Waals surface area contributed by atoms with Crippen molar-refractivity contribution in [2.75, 3.05) is 0 Å². The summed E-state index contributed by atoms with van der Waals surface area (Å²) in [7, 11) is 0. The van der Waals surface area contributed by atoms with Gasteiger partial charge in [0.1, 0.15) is 0 Å². The van der Waals surface area contributed by atoms with Gasteiger partial charge in [-0.05, 0) is 0 Å². The second-order valence-electron chi connectivity index (χ2n) is 8.95. The fourth-order valence-corrected chi connectivity index (χ4v) is 18.0. The number of hydrogen-bond donors (Lipinski definition) is 0. The van der Waals surface area contributed by atoms with Crippen molar-refractivity contribution >= 4 is 45.1 Å².